The normalized spacial score (nSPS) is 12.6. The van der Waals surface area contributed by atoms with E-state index in [0.29, 0.717) is 6.04 Å². The minimum atomic E-state index is 0.313. The molecule has 1 unspecified atom stereocenters. The van der Waals surface area contributed by atoms with Crippen LogP contribution >= 0.6 is 11.3 Å². The van der Waals surface area contributed by atoms with Crippen molar-refractivity contribution in [3.63, 3.8) is 0 Å². The first-order chi connectivity index (χ1) is 7.79. The summed E-state index contributed by atoms with van der Waals surface area (Å²) in [7, 11) is 1.98. The summed E-state index contributed by atoms with van der Waals surface area (Å²) in [5.74, 6) is 0. The number of hydrogen-bond donors (Lipinski definition) is 1. The van der Waals surface area contributed by atoms with Gasteiger partial charge < -0.3 is 5.32 Å². The number of hydrogen-bond acceptors (Lipinski definition) is 4. The standard InChI is InChI=1S/C12H15N3S/c1-9-7-10(3-4-14-9)11(13-2)8-12-15-5-6-16-12/h3-7,11,13H,8H2,1-2H3. The van der Waals surface area contributed by atoms with Gasteiger partial charge in [0.15, 0.2) is 0 Å². The molecule has 0 amide bonds. The van der Waals surface area contributed by atoms with Gasteiger partial charge in [0.1, 0.15) is 0 Å². The zero-order chi connectivity index (χ0) is 11.4. The van der Waals surface area contributed by atoms with Crippen LogP contribution in [0.2, 0.25) is 0 Å². The Kier molecular flexibility index (Phi) is 3.64. The number of aromatic nitrogens is 2. The fourth-order valence-electron chi connectivity index (χ4n) is 1.70. The van der Waals surface area contributed by atoms with E-state index in [0.717, 1.165) is 17.1 Å². The molecule has 0 aliphatic rings. The molecule has 2 aromatic rings. The van der Waals surface area contributed by atoms with Gasteiger partial charge in [0, 0.05) is 35.9 Å². The van der Waals surface area contributed by atoms with Gasteiger partial charge in [-0.3, -0.25) is 4.98 Å². The van der Waals surface area contributed by atoms with Crippen LogP contribution in [-0.4, -0.2) is 17.0 Å². The molecule has 0 saturated heterocycles. The van der Waals surface area contributed by atoms with Crippen molar-refractivity contribution < 1.29 is 0 Å². The maximum Gasteiger partial charge on any atom is 0.0943 e. The molecule has 1 atom stereocenters. The van der Waals surface area contributed by atoms with Gasteiger partial charge in [0.05, 0.1) is 5.01 Å². The zero-order valence-corrected chi connectivity index (χ0v) is 10.3. The topological polar surface area (TPSA) is 37.8 Å². The van der Waals surface area contributed by atoms with Crippen molar-refractivity contribution in [3.8, 4) is 0 Å². The molecule has 84 valence electrons. The lowest BCUT2D eigenvalue weighted by Crippen LogP contribution is -2.18. The van der Waals surface area contributed by atoms with Crippen LogP contribution in [0.25, 0.3) is 0 Å². The fourth-order valence-corrected chi connectivity index (χ4v) is 2.36. The van der Waals surface area contributed by atoms with Crippen molar-refractivity contribution in [2.75, 3.05) is 7.05 Å². The lowest BCUT2D eigenvalue weighted by molar-refractivity contribution is 0.589. The Bertz CT molecular complexity index is 439. The molecule has 3 nitrogen and oxygen atoms in total. The lowest BCUT2D eigenvalue weighted by atomic mass is 10.0. The van der Waals surface area contributed by atoms with Crippen molar-refractivity contribution in [2.45, 2.75) is 19.4 Å². The highest BCUT2D eigenvalue weighted by molar-refractivity contribution is 7.09. The highest BCUT2D eigenvalue weighted by atomic mass is 32.1. The highest BCUT2D eigenvalue weighted by Gasteiger charge is 2.11. The largest absolute Gasteiger partial charge is 0.313 e. The zero-order valence-electron chi connectivity index (χ0n) is 9.47. The maximum absolute atomic E-state index is 4.31. The first kappa shape index (κ1) is 11.2. The molecule has 0 aliphatic heterocycles. The monoisotopic (exact) mass is 233 g/mol. The first-order valence-corrected chi connectivity index (χ1v) is 6.15. The Morgan fingerprint density at radius 1 is 1.38 bits per heavy atom. The molecule has 16 heavy (non-hydrogen) atoms. The molecule has 2 rings (SSSR count). The molecule has 0 radical (unpaired) electrons. The van der Waals surface area contributed by atoms with Crippen molar-refractivity contribution in [3.05, 3.63) is 46.2 Å². The van der Waals surface area contributed by atoms with Crippen LogP contribution in [0.4, 0.5) is 0 Å². The highest BCUT2D eigenvalue weighted by Crippen LogP contribution is 2.19. The van der Waals surface area contributed by atoms with Gasteiger partial charge in [-0.2, -0.15) is 0 Å². The Hall–Kier alpha value is -1.26. The predicted octanol–water partition coefficient (Wildman–Crippen LogP) is 2.35. The number of likely N-dealkylation sites (N-methyl/N-ethyl adjacent to an activating group) is 1. The summed E-state index contributed by atoms with van der Waals surface area (Å²) in [6, 6.07) is 4.49. The van der Waals surface area contributed by atoms with Crippen molar-refractivity contribution in [1.29, 1.82) is 0 Å². The predicted molar refractivity (Wildman–Crippen MR) is 66.6 cm³/mol. The van der Waals surface area contributed by atoms with E-state index in [-0.39, 0.29) is 0 Å². The van der Waals surface area contributed by atoms with Gasteiger partial charge in [-0.05, 0) is 31.7 Å². The number of nitrogens with zero attached hydrogens (tertiary/aromatic N) is 2. The van der Waals surface area contributed by atoms with Gasteiger partial charge in [-0.15, -0.1) is 11.3 Å². The summed E-state index contributed by atoms with van der Waals surface area (Å²) >= 11 is 1.70. The van der Waals surface area contributed by atoms with Gasteiger partial charge in [-0.1, -0.05) is 0 Å². The molecule has 0 saturated carbocycles. The Balaban J connectivity index is 2.16. The molecule has 0 spiro atoms. The average Bonchev–Trinajstić information content (AvgIpc) is 2.78. The third-order valence-electron chi connectivity index (χ3n) is 2.53. The SMILES string of the molecule is CNC(Cc1nccs1)c1ccnc(C)c1. The van der Waals surface area contributed by atoms with E-state index in [2.05, 4.69) is 27.4 Å². The second kappa shape index (κ2) is 5.18. The fraction of sp³-hybridized carbons (Fsp3) is 0.333. The van der Waals surface area contributed by atoms with Crippen LogP contribution in [-0.2, 0) is 6.42 Å². The summed E-state index contributed by atoms with van der Waals surface area (Å²) in [4.78, 5) is 8.53. The Morgan fingerprint density at radius 3 is 2.88 bits per heavy atom. The van der Waals surface area contributed by atoms with E-state index >= 15 is 0 Å². The number of thiazole rings is 1. The minimum absolute atomic E-state index is 0.313. The molecule has 0 fully saturated rings. The van der Waals surface area contributed by atoms with Crippen molar-refractivity contribution in [2.24, 2.45) is 0 Å². The van der Waals surface area contributed by atoms with Crippen LogP contribution in [0.1, 0.15) is 22.3 Å². The van der Waals surface area contributed by atoms with E-state index in [4.69, 9.17) is 0 Å². The minimum Gasteiger partial charge on any atom is -0.313 e. The van der Waals surface area contributed by atoms with Crippen molar-refractivity contribution >= 4 is 11.3 Å². The van der Waals surface area contributed by atoms with Crippen LogP contribution in [0, 0.1) is 6.92 Å². The molecule has 0 aromatic carbocycles. The number of rotatable bonds is 4. The maximum atomic E-state index is 4.31. The van der Waals surface area contributed by atoms with E-state index in [1.54, 1.807) is 11.3 Å². The van der Waals surface area contributed by atoms with E-state index in [1.165, 1.54) is 5.56 Å². The molecule has 4 heteroatoms. The van der Waals surface area contributed by atoms with Gasteiger partial charge in [0.2, 0.25) is 0 Å². The molecular weight excluding hydrogens is 218 g/mol. The number of aryl methyl sites for hydroxylation is 1. The number of nitrogens with one attached hydrogen (secondary N) is 1. The molecule has 0 aliphatic carbocycles. The molecule has 0 bridgehead atoms. The van der Waals surface area contributed by atoms with Gasteiger partial charge in [0.25, 0.3) is 0 Å². The second-order valence-electron chi connectivity index (χ2n) is 3.70. The van der Waals surface area contributed by atoms with Gasteiger partial charge >= 0.3 is 0 Å². The molecule has 2 aromatic heterocycles. The third-order valence-corrected chi connectivity index (χ3v) is 3.34. The Morgan fingerprint density at radius 2 is 2.25 bits per heavy atom. The van der Waals surface area contributed by atoms with Crippen LogP contribution in [0.5, 0.6) is 0 Å². The Labute approximate surface area is 99.6 Å². The summed E-state index contributed by atoms with van der Waals surface area (Å²) in [6.07, 6.45) is 4.64. The molecule has 1 N–H and O–H groups in total. The summed E-state index contributed by atoms with van der Waals surface area (Å²) in [5.41, 5.74) is 2.32. The summed E-state index contributed by atoms with van der Waals surface area (Å²) < 4.78 is 0. The lowest BCUT2D eigenvalue weighted by Gasteiger charge is -2.15. The summed E-state index contributed by atoms with van der Waals surface area (Å²) in [6.45, 7) is 2.01. The smallest absolute Gasteiger partial charge is 0.0943 e. The van der Waals surface area contributed by atoms with E-state index < -0.39 is 0 Å². The second-order valence-corrected chi connectivity index (χ2v) is 4.68. The average molecular weight is 233 g/mol. The first-order valence-electron chi connectivity index (χ1n) is 5.28. The van der Waals surface area contributed by atoms with Crippen molar-refractivity contribution in [1.82, 2.24) is 15.3 Å². The van der Waals surface area contributed by atoms with Crippen LogP contribution in [0.15, 0.2) is 29.9 Å². The van der Waals surface area contributed by atoms with E-state index in [1.807, 2.05) is 31.7 Å². The van der Waals surface area contributed by atoms with Crippen LogP contribution in [0.3, 0.4) is 0 Å². The molecule has 2 heterocycles. The van der Waals surface area contributed by atoms with E-state index in [9.17, 15) is 0 Å². The van der Waals surface area contributed by atoms with Gasteiger partial charge in [-0.25, -0.2) is 4.98 Å². The van der Waals surface area contributed by atoms with Crippen LogP contribution < -0.4 is 5.32 Å². The molecular formula is C12H15N3S. The quantitative estimate of drug-likeness (QED) is 0.881. The summed E-state index contributed by atoms with van der Waals surface area (Å²) in [5, 5.41) is 6.50. The third kappa shape index (κ3) is 2.65. The number of pyridine rings is 1.